The fraction of sp³-hybridized carbons (Fsp3) is 0.386. The van der Waals surface area contributed by atoms with Crippen LogP contribution in [-0.2, 0) is 19.5 Å². The lowest BCUT2D eigenvalue weighted by Gasteiger charge is -2.47. The van der Waals surface area contributed by atoms with Gasteiger partial charge in [0.2, 0.25) is 0 Å². The number of nitrogens with one attached hydrogen (secondary N) is 3. The van der Waals surface area contributed by atoms with Crippen molar-refractivity contribution in [2.24, 2.45) is 5.41 Å². The number of hydrogen-bond acceptors (Lipinski definition) is 13. The second kappa shape index (κ2) is 17.6. The van der Waals surface area contributed by atoms with Crippen LogP contribution < -0.4 is 19.7 Å². The normalized spacial score (nSPS) is 19.3. The van der Waals surface area contributed by atoms with Crippen molar-refractivity contribution in [3.05, 3.63) is 111 Å². The molecule has 16 nitrogen and oxygen atoms in total. The molecule has 18 heteroatoms. The van der Waals surface area contributed by atoms with E-state index >= 15 is 0 Å². The summed E-state index contributed by atoms with van der Waals surface area (Å²) in [5.74, 6) is -0.756. The average Bonchev–Trinajstić information content (AvgIpc) is 3.74. The van der Waals surface area contributed by atoms with Gasteiger partial charge in [0.25, 0.3) is 21.6 Å². The summed E-state index contributed by atoms with van der Waals surface area (Å²) in [4.78, 5) is 41.3. The second-order valence-corrected chi connectivity index (χ2v) is 18.5. The predicted octanol–water partition coefficient (Wildman–Crippen LogP) is 7.19. The minimum Gasteiger partial charge on any atom is -0.453 e. The number of ether oxygens (including phenoxy) is 3. The molecule has 1 amide bonds. The molecule has 2 aliphatic carbocycles. The molecule has 9 rings (SSSR count). The molecule has 5 aromatic rings. The standard InChI is InChI=1S/C44H47ClN8O8S/c45-32-4-2-29(3-5-32)37-23-44(10-1-11-44)12-8-31(37)27-51-14-16-52(17-15-51)33-21-40(61-34-20-30-9-13-46-42(30)49-25-34)41(48-24-33)43(54)50-62(57,58)36-6-7-38(39(22-36)53(55)56)47-26-35-28-59-18-19-60-35/h2-7,9,13,20-22,24-25,35,47H,1,8,10-12,14-19,23,26-28H2,(H,46,49)(H,50,54)/t35-/m0/s1. The van der Waals surface area contributed by atoms with E-state index in [4.69, 9.17) is 25.8 Å². The molecule has 1 spiro atoms. The Morgan fingerprint density at radius 1 is 1.02 bits per heavy atom. The average molecular weight is 883 g/mol. The van der Waals surface area contributed by atoms with E-state index in [9.17, 15) is 23.3 Å². The van der Waals surface area contributed by atoms with Gasteiger partial charge in [-0.1, -0.05) is 35.7 Å². The zero-order chi connectivity index (χ0) is 42.8. The molecular weight excluding hydrogens is 836 g/mol. The molecule has 62 heavy (non-hydrogen) atoms. The number of fused-ring (bicyclic) bond motifs is 1. The largest absolute Gasteiger partial charge is 0.453 e. The number of hydrogen-bond donors (Lipinski definition) is 3. The van der Waals surface area contributed by atoms with Crippen molar-refractivity contribution in [2.75, 3.05) is 69.3 Å². The van der Waals surface area contributed by atoms with E-state index in [0.29, 0.717) is 55.4 Å². The number of carbonyl (C=O) groups is 1. The molecule has 1 saturated carbocycles. The van der Waals surface area contributed by atoms with Crippen molar-refractivity contribution in [2.45, 2.75) is 49.5 Å². The van der Waals surface area contributed by atoms with Crippen molar-refractivity contribution in [3.63, 3.8) is 0 Å². The number of halogens is 1. The van der Waals surface area contributed by atoms with Crippen LogP contribution in [0.5, 0.6) is 11.5 Å². The van der Waals surface area contributed by atoms with E-state index in [-0.39, 0.29) is 29.8 Å². The molecular formula is C44H47ClN8O8S. The number of piperazine rings is 1. The topological polar surface area (TPSA) is 194 Å². The van der Waals surface area contributed by atoms with Gasteiger partial charge in [-0.2, -0.15) is 0 Å². The SMILES string of the molecule is O=C(NS(=O)(=O)c1ccc(NC[C@H]2COCCO2)c([N+](=O)[O-])c1)c1ncc(N2CCN(CC3=C(c4ccc(Cl)cc4)CC4(CCC4)CC3)CC2)cc1Oc1cnc2[nH]ccc2c1. The third kappa shape index (κ3) is 9.13. The Morgan fingerprint density at radius 3 is 2.58 bits per heavy atom. The zero-order valence-corrected chi connectivity index (χ0v) is 35.6. The molecule has 1 atom stereocenters. The minimum atomic E-state index is -4.62. The number of allylic oxidation sites excluding steroid dienone is 1. The molecule has 0 bridgehead atoms. The molecule has 2 aromatic carbocycles. The van der Waals surface area contributed by atoms with Crippen LogP contribution >= 0.6 is 11.6 Å². The first-order valence-corrected chi connectivity index (χ1v) is 22.7. The Balaban J connectivity index is 0.926. The van der Waals surface area contributed by atoms with E-state index < -0.39 is 31.4 Å². The summed E-state index contributed by atoms with van der Waals surface area (Å²) in [5, 5.41) is 16.5. The Hall–Kier alpha value is -5.59. The van der Waals surface area contributed by atoms with Crippen LogP contribution in [0, 0.1) is 15.5 Å². The summed E-state index contributed by atoms with van der Waals surface area (Å²) < 4.78 is 46.5. The number of carbonyl (C=O) groups excluding carboxylic acids is 1. The Morgan fingerprint density at radius 2 is 1.84 bits per heavy atom. The summed E-state index contributed by atoms with van der Waals surface area (Å²) in [6, 6.07) is 16.9. The number of pyridine rings is 2. The Bertz CT molecular complexity index is 2620. The van der Waals surface area contributed by atoms with Crippen molar-refractivity contribution in [3.8, 4) is 11.5 Å². The van der Waals surface area contributed by atoms with Crippen molar-refractivity contribution in [1.29, 1.82) is 0 Å². The fourth-order valence-corrected chi connectivity index (χ4v) is 9.97. The van der Waals surface area contributed by atoms with Crippen LogP contribution in [0.4, 0.5) is 17.1 Å². The summed E-state index contributed by atoms with van der Waals surface area (Å²) in [5.41, 5.74) is 5.31. The first kappa shape index (κ1) is 41.7. The summed E-state index contributed by atoms with van der Waals surface area (Å²) in [6.45, 7) is 5.27. The molecule has 3 N–H and O–H groups in total. The molecule has 0 radical (unpaired) electrons. The number of H-pyrrole nitrogens is 1. The first-order chi connectivity index (χ1) is 30.0. The van der Waals surface area contributed by atoms with E-state index in [1.807, 2.05) is 22.9 Å². The smallest absolute Gasteiger partial charge is 0.293 e. The van der Waals surface area contributed by atoms with Crippen molar-refractivity contribution >= 4 is 61.2 Å². The Labute approximate surface area is 363 Å². The highest BCUT2D eigenvalue weighted by Crippen LogP contribution is 2.55. The van der Waals surface area contributed by atoms with E-state index in [0.717, 1.165) is 49.0 Å². The molecule has 3 aromatic heterocycles. The van der Waals surface area contributed by atoms with Crippen LogP contribution in [0.15, 0.2) is 89.7 Å². The number of nitrogens with zero attached hydrogens (tertiary/aromatic N) is 5. The number of amides is 1. The molecule has 3 fully saturated rings. The van der Waals surface area contributed by atoms with Crippen molar-refractivity contribution < 1.29 is 32.3 Å². The molecule has 0 unspecified atom stereocenters. The third-order valence-electron chi connectivity index (χ3n) is 12.5. The van der Waals surface area contributed by atoms with Gasteiger partial charge in [-0.05, 0) is 85.1 Å². The maximum absolute atomic E-state index is 13.9. The highest BCUT2D eigenvalue weighted by Gasteiger charge is 2.41. The molecule has 4 aliphatic rings. The van der Waals surface area contributed by atoms with Crippen LogP contribution in [0.3, 0.4) is 0 Å². The number of aromatic nitrogens is 3. The third-order valence-corrected chi connectivity index (χ3v) is 14.0. The van der Waals surface area contributed by atoms with Gasteiger partial charge < -0.3 is 29.4 Å². The predicted molar refractivity (Wildman–Crippen MR) is 234 cm³/mol. The highest BCUT2D eigenvalue weighted by molar-refractivity contribution is 7.90. The number of rotatable bonds is 13. The molecule has 324 valence electrons. The van der Waals surface area contributed by atoms with Crippen LogP contribution in [0.25, 0.3) is 16.6 Å². The van der Waals surface area contributed by atoms with E-state index in [1.165, 1.54) is 66.9 Å². The minimum absolute atomic E-state index is 0.0126. The van der Waals surface area contributed by atoms with E-state index in [1.54, 1.807) is 18.3 Å². The quantitative estimate of drug-likeness (QED) is 0.0796. The number of aromatic amines is 1. The van der Waals surface area contributed by atoms with Gasteiger partial charge >= 0.3 is 0 Å². The number of sulfonamides is 1. The number of benzene rings is 2. The van der Waals surface area contributed by atoms with E-state index in [2.05, 4.69) is 42.2 Å². The highest BCUT2D eigenvalue weighted by atomic mass is 35.5. The second-order valence-electron chi connectivity index (χ2n) is 16.4. The number of nitro benzene ring substituents is 1. The number of anilines is 2. The Kier molecular flexibility index (Phi) is 11.9. The molecule has 2 aliphatic heterocycles. The maximum atomic E-state index is 13.9. The van der Waals surface area contributed by atoms with Crippen LogP contribution in [-0.4, -0.2) is 104 Å². The van der Waals surface area contributed by atoms with Gasteiger partial charge in [0.1, 0.15) is 17.1 Å². The van der Waals surface area contributed by atoms with Gasteiger partial charge in [-0.15, -0.1) is 0 Å². The van der Waals surface area contributed by atoms with Crippen LogP contribution in [0.2, 0.25) is 5.02 Å². The van der Waals surface area contributed by atoms with Gasteiger partial charge in [-0.3, -0.25) is 19.8 Å². The van der Waals surface area contributed by atoms with Gasteiger partial charge in [-0.25, -0.2) is 23.1 Å². The molecule has 2 saturated heterocycles. The van der Waals surface area contributed by atoms with Crippen molar-refractivity contribution in [1.82, 2.24) is 24.6 Å². The lowest BCUT2D eigenvalue weighted by Crippen LogP contribution is -2.47. The monoisotopic (exact) mass is 882 g/mol. The lowest BCUT2D eigenvalue weighted by molar-refractivity contribution is -0.384. The van der Waals surface area contributed by atoms with Crippen LogP contribution in [0.1, 0.15) is 54.6 Å². The zero-order valence-electron chi connectivity index (χ0n) is 34.0. The number of nitro groups is 1. The lowest BCUT2D eigenvalue weighted by atomic mass is 9.59. The first-order valence-electron chi connectivity index (χ1n) is 20.8. The summed E-state index contributed by atoms with van der Waals surface area (Å²) in [7, 11) is -4.62. The fourth-order valence-electron chi connectivity index (χ4n) is 8.87. The summed E-state index contributed by atoms with van der Waals surface area (Å²) in [6.07, 6.45) is 11.8. The summed E-state index contributed by atoms with van der Waals surface area (Å²) >= 11 is 6.27. The molecule has 5 heterocycles. The van der Waals surface area contributed by atoms with Gasteiger partial charge in [0.15, 0.2) is 11.4 Å². The van der Waals surface area contributed by atoms with Gasteiger partial charge in [0.05, 0.1) is 53.8 Å². The maximum Gasteiger partial charge on any atom is 0.293 e. The van der Waals surface area contributed by atoms with Gasteiger partial charge in [0, 0.05) is 68.0 Å².